The van der Waals surface area contributed by atoms with Crippen molar-refractivity contribution < 1.29 is 18.9 Å². The Kier molecular flexibility index (Phi) is 5.22. The normalized spacial score (nSPS) is 16.2. The Morgan fingerprint density at radius 2 is 1.78 bits per heavy atom. The lowest BCUT2D eigenvalue weighted by atomic mass is 9.83. The summed E-state index contributed by atoms with van der Waals surface area (Å²) < 4.78 is 22.9. The van der Waals surface area contributed by atoms with Gasteiger partial charge in [0.25, 0.3) is 0 Å². The molecule has 2 N–H and O–H groups in total. The van der Waals surface area contributed by atoms with Gasteiger partial charge in [-0.25, -0.2) is 0 Å². The van der Waals surface area contributed by atoms with Crippen molar-refractivity contribution in [3.8, 4) is 29.1 Å². The highest BCUT2D eigenvalue weighted by Gasteiger charge is 2.34. The molecule has 2 aliphatic rings. The van der Waals surface area contributed by atoms with Crippen LogP contribution in [0.15, 0.2) is 66.1 Å². The molecule has 5 rings (SSSR count). The van der Waals surface area contributed by atoms with Gasteiger partial charge in [-0.1, -0.05) is 47.5 Å². The lowest BCUT2D eigenvalue weighted by Gasteiger charge is -2.28. The lowest BCUT2D eigenvalue weighted by molar-refractivity contribution is 0.174. The molecule has 32 heavy (non-hydrogen) atoms. The molecule has 0 radical (unpaired) electrons. The molecule has 0 saturated carbocycles. The van der Waals surface area contributed by atoms with Crippen LogP contribution in [-0.2, 0) is 6.61 Å². The first kappa shape index (κ1) is 20.4. The van der Waals surface area contributed by atoms with Gasteiger partial charge in [-0.05, 0) is 24.3 Å². The minimum atomic E-state index is -0.505. The molecule has 6 nitrogen and oxygen atoms in total. The molecule has 0 aliphatic carbocycles. The van der Waals surface area contributed by atoms with Gasteiger partial charge in [0.05, 0.1) is 5.92 Å². The van der Waals surface area contributed by atoms with Crippen LogP contribution in [0.2, 0.25) is 10.0 Å². The predicted molar refractivity (Wildman–Crippen MR) is 119 cm³/mol. The van der Waals surface area contributed by atoms with Crippen LogP contribution in [0, 0.1) is 11.3 Å². The third-order valence-corrected chi connectivity index (χ3v) is 5.93. The summed E-state index contributed by atoms with van der Waals surface area (Å²) in [6.07, 6.45) is 0. The number of ether oxygens (including phenoxy) is 4. The molecule has 1 atom stereocenters. The number of fused-ring (bicyclic) bond motifs is 2. The van der Waals surface area contributed by atoms with Crippen molar-refractivity contribution in [2.24, 2.45) is 5.73 Å². The fourth-order valence-corrected chi connectivity index (χ4v) is 4.27. The zero-order chi connectivity index (χ0) is 22.2. The lowest BCUT2D eigenvalue weighted by Crippen LogP contribution is -2.21. The van der Waals surface area contributed by atoms with Gasteiger partial charge in [-0.15, -0.1) is 0 Å². The molecule has 3 aromatic carbocycles. The number of para-hydroxylation sites is 1. The molecule has 0 spiro atoms. The van der Waals surface area contributed by atoms with Gasteiger partial charge in [0.15, 0.2) is 11.5 Å². The van der Waals surface area contributed by atoms with Crippen molar-refractivity contribution in [1.29, 1.82) is 5.26 Å². The maximum atomic E-state index is 9.88. The number of allylic oxidation sites excluding steroid dienone is 1. The highest BCUT2D eigenvalue weighted by atomic mass is 35.5. The minimum Gasteiger partial charge on any atom is -0.489 e. The quantitative estimate of drug-likeness (QED) is 0.544. The van der Waals surface area contributed by atoms with E-state index in [1.165, 1.54) is 0 Å². The second-order valence-electron chi connectivity index (χ2n) is 7.23. The molecule has 0 aromatic heterocycles. The number of hydrogen-bond donors (Lipinski definition) is 1. The van der Waals surface area contributed by atoms with Gasteiger partial charge in [0, 0.05) is 32.8 Å². The van der Waals surface area contributed by atoms with E-state index in [2.05, 4.69) is 6.07 Å². The zero-order valence-electron chi connectivity index (χ0n) is 16.6. The van der Waals surface area contributed by atoms with E-state index in [-0.39, 0.29) is 24.9 Å². The molecule has 0 saturated heterocycles. The SMILES string of the molecule is N#CC1=C(N)Oc2cc3c(cc2[C@@H]1c1ccccc1OCc1ccc(Cl)cc1Cl)OCO3. The Labute approximate surface area is 194 Å². The van der Waals surface area contributed by atoms with Crippen LogP contribution < -0.4 is 24.7 Å². The second kappa shape index (κ2) is 8.19. The molecule has 160 valence electrons. The van der Waals surface area contributed by atoms with Crippen LogP contribution in [0.5, 0.6) is 23.0 Å². The van der Waals surface area contributed by atoms with Crippen LogP contribution in [0.1, 0.15) is 22.6 Å². The summed E-state index contributed by atoms with van der Waals surface area (Å²) in [6.45, 7) is 0.351. The number of hydrogen-bond acceptors (Lipinski definition) is 6. The fourth-order valence-electron chi connectivity index (χ4n) is 3.81. The Balaban J connectivity index is 1.56. The van der Waals surface area contributed by atoms with E-state index >= 15 is 0 Å². The Morgan fingerprint density at radius 3 is 2.56 bits per heavy atom. The molecule has 3 aromatic rings. The summed E-state index contributed by atoms with van der Waals surface area (Å²) in [5.41, 5.74) is 8.70. The van der Waals surface area contributed by atoms with Crippen molar-refractivity contribution in [3.05, 3.63) is 92.8 Å². The van der Waals surface area contributed by atoms with E-state index in [4.69, 9.17) is 47.9 Å². The maximum Gasteiger partial charge on any atom is 0.231 e. The summed E-state index contributed by atoms with van der Waals surface area (Å²) in [6, 6.07) is 18.5. The third-order valence-electron chi connectivity index (χ3n) is 5.34. The average molecular weight is 467 g/mol. The van der Waals surface area contributed by atoms with Crippen LogP contribution >= 0.6 is 23.2 Å². The predicted octanol–water partition coefficient (Wildman–Crippen LogP) is 5.52. The fraction of sp³-hybridized carbons (Fsp3) is 0.125. The van der Waals surface area contributed by atoms with Gasteiger partial charge < -0.3 is 24.7 Å². The Bertz CT molecular complexity index is 1300. The number of halogens is 2. The first-order valence-corrected chi connectivity index (χ1v) is 10.5. The molecule has 0 fully saturated rings. The van der Waals surface area contributed by atoms with Crippen LogP contribution in [0.4, 0.5) is 0 Å². The first-order valence-electron chi connectivity index (χ1n) is 9.72. The van der Waals surface area contributed by atoms with Gasteiger partial charge in [0.1, 0.15) is 29.7 Å². The number of nitrogens with two attached hydrogens (primary N) is 1. The summed E-state index contributed by atoms with van der Waals surface area (Å²) in [5.74, 6) is 1.79. The smallest absolute Gasteiger partial charge is 0.231 e. The average Bonchev–Trinajstić information content (AvgIpc) is 3.24. The molecule has 0 bridgehead atoms. The van der Waals surface area contributed by atoms with Crippen molar-refractivity contribution in [2.75, 3.05) is 6.79 Å². The molecular formula is C24H16Cl2N2O4. The van der Waals surface area contributed by atoms with E-state index in [0.717, 1.165) is 16.7 Å². The molecule has 2 aliphatic heterocycles. The van der Waals surface area contributed by atoms with Crippen LogP contribution in [-0.4, -0.2) is 6.79 Å². The van der Waals surface area contributed by atoms with Crippen molar-refractivity contribution in [1.82, 2.24) is 0 Å². The summed E-state index contributed by atoms with van der Waals surface area (Å²) >= 11 is 12.3. The van der Waals surface area contributed by atoms with Crippen molar-refractivity contribution in [3.63, 3.8) is 0 Å². The van der Waals surface area contributed by atoms with E-state index in [9.17, 15) is 5.26 Å². The monoisotopic (exact) mass is 466 g/mol. The largest absolute Gasteiger partial charge is 0.489 e. The van der Waals surface area contributed by atoms with Crippen LogP contribution in [0.25, 0.3) is 0 Å². The summed E-state index contributed by atoms with van der Waals surface area (Å²) in [4.78, 5) is 0. The molecule has 2 heterocycles. The van der Waals surface area contributed by atoms with E-state index in [1.54, 1.807) is 18.2 Å². The molecule has 0 unspecified atom stereocenters. The first-order chi connectivity index (χ1) is 15.5. The topological polar surface area (TPSA) is 86.7 Å². The molecule has 0 amide bonds. The van der Waals surface area contributed by atoms with Gasteiger partial charge in [-0.3, -0.25) is 0 Å². The molecule has 8 heteroatoms. The summed E-state index contributed by atoms with van der Waals surface area (Å²) in [7, 11) is 0. The van der Waals surface area contributed by atoms with Crippen molar-refractivity contribution in [2.45, 2.75) is 12.5 Å². The number of nitriles is 1. The van der Waals surface area contributed by atoms with Gasteiger partial charge in [0.2, 0.25) is 12.7 Å². The minimum absolute atomic E-state index is 0.0411. The summed E-state index contributed by atoms with van der Waals surface area (Å²) in [5, 5.41) is 10.9. The standard InChI is InChI=1S/C24H16Cl2N2O4/c25-14-6-5-13(18(26)7-14)11-29-19-4-2-1-3-15(19)23-16-8-21-22(31-12-30-21)9-20(16)32-24(28)17(23)10-27/h1-9,23H,11-12,28H2/t23-/m0/s1. The maximum absolute atomic E-state index is 9.88. The second-order valence-corrected chi connectivity index (χ2v) is 8.07. The Hall–Kier alpha value is -3.53. The van der Waals surface area contributed by atoms with Crippen LogP contribution in [0.3, 0.4) is 0 Å². The number of benzene rings is 3. The highest BCUT2D eigenvalue weighted by Crippen LogP contribution is 2.49. The van der Waals surface area contributed by atoms with Gasteiger partial charge >= 0.3 is 0 Å². The number of nitrogens with zero attached hydrogens (tertiary/aromatic N) is 1. The zero-order valence-corrected chi connectivity index (χ0v) is 18.1. The number of rotatable bonds is 4. The van der Waals surface area contributed by atoms with E-state index < -0.39 is 5.92 Å². The Morgan fingerprint density at radius 1 is 1.00 bits per heavy atom. The molecular weight excluding hydrogens is 451 g/mol. The van der Waals surface area contributed by atoms with E-state index in [1.807, 2.05) is 36.4 Å². The van der Waals surface area contributed by atoms with Crippen molar-refractivity contribution >= 4 is 23.2 Å². The van der Waals surface area contributed by atoms with Gasteiger partial charge in [-0.2, -0.15) is 5.26 Å². The highest BCUT2D eigenvalue weighted by molar-refractivity contribution is 6.35. The van der Waals surface area contributed by atoms with E-state index in [0.29, 0.717) is 33.0 Å². The third kappa shape index (κ3) is 3.56.